The Morgan fingerprint density at radius 1 is 1.12 bits per heavy atom. The molecule has 0 saturated carbocycles. The van der Waals surface area contributed by atoms with Crippen LogP contribution in [-0.4, -0.2) is 25.3 Å². The third kappa shape index (κ3) is 5.15. The first-order valence-corrected chi connectivity index (χ1v) is 7.98. The monoisotopic (exact) mass is 366 g/mol. The Hall–Kier alpha value is -2.24. The topological polar surface area (TPSA) is 59.9 Å². The highest BCUT2D eigenvalue weighted by atomic mass is 35.5. The van der Waals surface area contributed by atoms with Gasteiger partial charge in [0, 0.05) is 5.56 Å². The summed E-state index contributed by atoms with van der Waals surface area (Å²) in [6.45, 7) is 2.21. The molecule has 0 unspecified atom stereocenters. The highest BCUT2D eigenvalue weighted by Gasteiger charge is 2.07. The molecule has 1 N–H and O–H groups in total. The van der Waals surface area contributed by atoms with Crippen molar-refractivity contribution in [1.29, 1.82) is 0 Å². The number of para-hydroxylation sites is 1. The molecular weight excluding hydrogens is 351 g/mol. The zero-order chi connectivity index (χ0) is 17.4. The van der Waals surface area contributed by atoms with Crippen LogP contribution in [0.1, 0.15) is 12.5 Å². The maximum absolute atomic E-state index is 11.8. The molecule has 0 saturated heterocycles. The molecule has 5 nitrogen and oxygen atoms in total. The summed E-state index contributed by atoms with van der Waals surface area (Å²) in [5.74, 6) is 0.612. The number of nitrogens with one attached hydrogen (secondary N) is 1. The fourth-order valence-corrected chi connectivity index (χ4v) is 2.17. The van der Waals surface area contributed by atoms with Crippen LogP contribution < -0.4 is 14.9 Å². The summed E-state index contributed by atoms with van der Waals surface area (Å²) < 4.78 is 10.8. The zero-order valence-corrected chi connectivity index (χ0v) is 14.5. The number of hydrogen-bond acceptors (Lipinski definition) is 4. The quantitative estimate of drug-likeness (QED) is 0.596. The summed E-state index contributed by atoms with van der Waals surface area (Å²) >= 11 is 11.8. The number of amides is 1. The van der Waals surface area contributed by atoms with Gasteiger partial charge in [0.1, 0.15) is 16.5 Å². The van der Waals surface area contributed by atoms with Gasteiger partial charge in [-0.3, -0.25) is 4.79 Å². The van der Waals surface area contributed by atoms with Gasteiger partial charge in [-0.15, -0.1) is 0 Å². The molecule has 2 aromatic rings. The number of benzene rings is 2. The Bertz CT molecular complexity index is 736. The molecule has 0 atom stereocenters. The van der Waals surface area contributed by atoms with Crippen molar-refractivity contribution in [3.63, 3.8) is 0 Å². The lowest BCUT2D eigenvalue weighted by Crippen LogP contribution is -2.24. The Morgan fingerprint density at radius 2 is 1.88 bits per heavy atom. The summed E-state index contributed by atoms with van der Waals surface area (Å²) in [6.07, 6.45) is 1.51. The number of rotatable bonds is 7. The fraction of sp³-hybridized carbons (Fsp3) is 0.176. The lowest BCUT2D eigenvalue weighted by molar-refractivity contribution is -0.123. The SMILES string of the molecule is CCOc1ccccc1C=NNC(=O)COc1cccc(Cl)c1Cl. The Morgan fingerprint density at radius 3 is 2.67 bits per heavy atom. The molecule has 0 aliphatic carbocycles. The summed E-state index contributed by atoms with van der Waals surface area (Å²) in [6, 6.07) is 12.3. The molecule has 0 fully saturated rings. The number of ether oxygens (including phenoxy) is 2. The van der Waals surface area contributed by atoms with Crippen LogP contribution in [0.15, 0.2) is 47.6 Å². The first kappa shape index (κ1) is 18.1. The van der Waals surface area contributed by atoms with Crippen molar-refractivity contribution in [3.05, 3.63) is 58.1 Å². The number of hydrazone groups is 1. The minimum atomic E-state index is -0.420. The molecular formula is C17H16Cl2N2O3. The number of hydrogen-bond donors (Lipinski definition) is 1. The van der Waals surface area contributed by atoms with Crippen LogP contribution in [0.25, 0.3) is 0 Å². The number of carbonyl (C=O) groups excluding carboxylic acids is 1. The molecule has 0 heterocycles. The van der Waals surface area contributed by atoms with E-state index in [-0.39, 0.29) is 11.6 Å². The van der Waals surface area contributed by atoms with Crippen molar-refractivity contribution >= 4 is 35.3 Å². The summed E-state index contributed by atoms with van der Waals surface area (Å²) in [5, 5.41) is 4.52. The standard InChI is InChI=1S/C17H16Cl2N2O3/c1-2-23-14-8-4-3-6-12(14)10-20-21-16(22)11-24-15-9-5-7-13(18)17(15)19/h3-10H,2,11H2,1H3,(H,21,22). The van der Waals surface area contributed by atoms with Gasteiger partial charge in [-0.25, -0.2) is 5.43 Å². The third-order valence-electron chi connectivity index (χ3n) is 2.89. The molecule has 2 aromatic carbocycles. The highest BCUT2D eigenvalue weighted by Crippen LogP contribution is 2.31. The molecule has 0 bridgehead atoms. The van der Waals surface area contributed by atoms with E-state index >= 15 is 0 Å². The van der Waals surface area contributed by atoms with E-state index in [2.05, 4.69) is 10.5 Å². The summed E-state index contributed by atoms with van der Waals surface area (Å²) in [5.41, 5.74) is 3.14. The number of carbonyl (C=O) groups is 1. The number of nitrogens with zero attached hydrogens (tertiary/aromatic N) is 1. The van der Waals surface area contributed by atoms with Crippen molar-refractivity contribution in [2.24, 2.45) is 5.10 Å². The van der Waals surface area contributed by atoms with Gasteiger partial charge in [0.15, 0.2) is 6.61 Å². The van der Waals surface area contributed by atoms with Crippen LogP contribution in [0.3, 0.4) is 0 Å². The van der Waals surface area contributed by atoms with Gasteiger partial charge in [0.05, 0.1) is 17.8 Å². The fourth-order valence-electron chi connectivity index (χ4n) is 1.82. The van der Waals surface area contributed by atoms with Crippen LogP contribution in [0.5, 0.6) is 11.5 Å². The lowest BCUT2D eigenvalue weighted by atomic mass is 10.2. The summed E-state index contributed by atoms with van der Waals surface area (Å²) in [7, 11) is 0. The van der Waals surface area contributed by atoms with Crippen LogP contribution in [0.2, 0.25) is 10.0 Å². The minimum absolute atomic E-state index is 0.232. The van der Waals surface area contributed by atoms with E-state index in [0.717, 1.165) is 5.56 Å². The molecule has 0 aliphatic rings. The molecule has 126 valence electrons. The van der Waals surface area contributed by atoms with Crippen molar-refractivity contribution in [1.82, 2.24) is 5.43 Å². The molecule has 0 aromatic heterocycles. The van der Waals surface area contributed by atoms with Gasteiger partial charge in [0.25, 0.3) is 5.91 Å². The van der Waals surface area contributed by atoms with E-state index in [9.17, 15) is 4.79 Å². The Balaban J connectivity index is 1.88. The van der Waals surface area contributed by atoms with E-state index in [1.54, 1.807) is 18.2 Å². The predicted octanol–water partition coefficient (Wildman–Crippen LogP) is 3.92. The lowest BCUT2D eigenvalue weighted by Gasteiger charge is -2.08. The Labute approximate surface area is 150 Å². The predicted molar refractivity (Wildman–Crippen MR) is 95.3 cm³/mol. The van der Waals surface area contributed by atoms with Gasteiger partial charge >= 0.3 is 0 Å². The van der Waals surface area contributed by atoms with Gasteiger partial charge in [0.2, 0.25) is 0 Å². The minimum Gasteiger partial charge on any atom is -0.493 e. The van der Waals surface area contributed by atoms with Crippen molar-refractivity contribution in [3.8, 4) is 11.5 Å². The van der Waals surface area contributed by atoms with Crippen molar-refractivity contribution in [2.45, 2.75) is 6.92 Å². The van der Waals surface area contributed by atoms with Gasteiger partial charge in [-0.2, -0.15) is 5.10 Å². The summed E-state index contributed by atoms with van der Waals surface area (Å²) in [4.78, 5) is 11.8. The molecule has 0 spiro atoms. The van der Waals surface area contributed by atoms with Gasteiger partial charge in [-0.05, 0) is 31.2 Å². The second-order valence-electron chi connectivity index (χ2n) is 4.60. The second kappa shape index (κ2) is 9.15. The van der Waals surface area contributed by atoms with Crippen LogP contribution in [0, 0.1) is 0 Å². The van der Waals surface area contributed by atoms with Crippen molar-refractivity contribution in [2.75, 3.05) is 13.2 Å². The van der Waals surface area contributed by atoms with E-state index in [1.165, 1.54) is 6.21 Å². The number of halogens is 2. The Kier molecular flexibility index (Phi) is 6.90. The third-order valence-corrected chi connectivity index (χ3v) is 3.69. The van der Waals surface area contributed by atoms with Gasteiger partial charge in [-0.1, -0.05) is 41.4 Å². The molecule has 0 aliphatic heterocycles. The largest absolute Gasteiger partial charge is 0.493 e. The van der Waals surface area contributed by atoms with E-state index in [4.69, 9.17) is 32.7 Å². The van der Waals surface area contributed by atoms with Crippen molar-refractivity contribution < 1.29 is 14.3 Å². The smallest absolute Gasteiger partial charge is 0.277 e. The highest BCUT2D eigenvalue weighted by molar-refractivity contribution is 6.42. The van der Waals surface area contributed by atoms with Crippen LogP contribution >= 0.6 is 23.2 Å². The molecule has 0 radical (unpaired) electrons. The van der Waals surface area contributed by atoms with E-state index in [0.29, 0.717) is 23.1 Å². The molecule has 2 rings (SSSR count). The van der Waals surface area contributed by atoms with E-state index in [1.807, 2.05) is 31.2 Å². The first-order valence-electron chi connectivity index (χ1n) is 7.22. The molecule has 1 amide bonds. The van der Waals surface area contributed by atoms with Crippen LogP contribution in [-0.2, 0) is 4.79 Å². The molecule has 7 heteroatoms. The zero-order valence-electron chi connectivity index (χ0n) is 13.0. The first-order chi connectivity index (χ1) is 11.6. The maximum Gasteiger partial charge on any atom is 0.277 e. The average Bonchev–Trinajstić information content (AvgIpc) is 2.58. The average molecular weight is 367 g/mol. The van der Waals surface area contributed by atoms with Gasteiger partial charge < -0.3 is 9.47 Å². The normalized spacial score (nSPS) is 10.6. The van der Waals surface area contributed by atoms with Crippen LogP contribution in [0.4, 0.5) is 0 Å². The molecule has 24 heavy (non-hydrogen) atoms. The van der Waals surface area contributed by atoms with E-state index < -0.39 is 5.91 Å². The maximum atomic E-state index is 11.8. The second-order valence-corrected chi connectivity index (χ2v) is 5.39.